The molecule has 1 aromatic rings. The Balaban J connectivity index is 1.35. The fourth-order valence-corrected chi connectivity index (χ4v) is 6.45. The molecule has 0 spiro atoms. The van der Waals surface area contributed by atoms with E-state index in [0.717, 1.165) is 54.7 Å². The summed E-state index contributed by atoms with van der Waals surface area (Å²) in [7, 11) is 0. The van der Waals surface area contributed by atoms with Gasteiger partial charge >= 0.3 is 0 Å². The first kappa shape index (κ1) is 21.3. The van der Waals surface area contributed by atoms with Gasteiger partial charge in [-0.2, -0.15) is 0 Å². The Morgan fingerprint density at radius 3 is 2.62 bits per heavy atom. The summed E-state index contributed by atoms with van der Waals surface area (Å²) in [6.07, 6.45) is 16.0. The zero-order valence-corrected chi connectivity index (χ0v) is 18.7. The van der Waals surface area contributed by atoms with E-state index in [1.165, 1.54) is 69.8 Å². The molecule has 1 nitrogen and oxygen atoms in total. The first-order valence-corrected chi connectivity index (χ1v) is 12.6. The summed E-state index contributed by atoms with van der Waals surface area (Å²) in [4.78, 5) is 0. The number of unbranched alkanes of at least 4 members (excludes halogenated alkanes) is 2. The van der Waals surface area contributed by atoms with Crippen LogP contribution < -0.4 is 0 Å². The topological polar surface area (TPSA) is 9.23 Å². The van der Waals surface area contributed by atoms with E-state index < -0.39 is 0 Å². The summed E-state index contributed by atoms with van der Waals surface area (Å²) in [6, 6.07) is 4.42. The van der Waals surface area contributed by atoms with Crippen LogP contribution in [0.2, 0.25) is 0 Å². The molecule has 0 aromatic heterocycles. The molecule has 5 atom stereocenters. The fourth-order valence-electron chi connectivity index (χ4n) is 6.45. The van der Waals surface area contributed by atoms with E-state index in [1.54, 1.807) is 0 Å². The predicted molar refractivity (Wildman–Crippen MR) is 119 cm³/mol. The van der Waals surface area contributed by atoms with Crippen molar-refractivity contribution in [2.24, 2.45) is 17.8 Å². The highest BCUT2D eigenvalue weighted by Gasteiger charge is 2.37. The highest BCUT2D eigenvalue weighted by Crippen LogP contribution is 2.47. The molecule has 0 saturated heterocycles. The third-order valence-electron chi connectivity index (χ3n) is 8.36. The first-order valence-electron chi connectivity index (χ1n) is 12.6. The number of hydrogen-bond acceptors (Lipinski definition) is 1. The van der Waals surface area contributed by atoms with E-state index in [0.29, 0.717) is 12.0 Å². The lowest BCUT2D eigenvalue weighted by Crippen LogP contribution is -2.34. The summed E-state index contributed by atoms with van der Waals surface area (Å²) < 4.78 is 21.6. The third-order valence-corrected chi connectivity index (χ3v) is 8.36. The Kier molecular flexibility index (Phi) is 7.32. The van der Waals surface area contributed by atoms with E-state index >= 15 is 4.39 Å². The number of fused-ring (bicyclic) bond motifs is 2. The van der Waals surface area contributed by atoms with Crippen molar-refractivity contribution in [1.82, 2.24) is 0 Å². The van der Waals surface area contributed by atoms with Gasteiger partial charge in [-0.1, -0.05) is 45.2 Å². The second-order valence-electron chi connectivity index (χ2n) is 10.2. The van der Waals surface area contributed by atoms with E-state index in [1.807, 2.05) is 0 Å². The molecule has 3 aliphatic carbocycles. The van der Waals surface area contributed by atoms with Gasteiger partial charge in [-0.15, -0.1) is 0 Å². The maximum absolute atomic E-state index is 15.4. The second-order valence-corrected chi connectivity index (χ2v) is 10.2. The van der Waals surface area contributed by atoms with Crippen molar-refractivity contribution in [3.63, 3.8) is 0 Å². The van der Waals surface area contributed by atoms with Crippen LogP contribution in [0.5, 0.6) is 0 Å². The molecule has 4 rings (SSSR count). The molecular formula is C27H41FO. The van der Waals surface area contributed by atoms with Gasteiger partial charge in [-0.05, 0) is 105 Å². The quantitative estimate of drug-likeness (QED) is 0.428. The van der Waals surface area contributed by atoms with Gasteiger partial charge < -0.3 is 4.74 Å². The molecular weight excluding hydrogens is 359 g/mol. The number of ether oxygens (including phenoxy) is 1. The minimum Gasteiger partial charge on any atom is -0.378 e. The smallest absolute Gasteiger partial charge is 0.130 e. The molecule has 29 heavy (non-hydrogen) atoms. The maximum Gasteiger partial charge on any atom is 0.130 e. The minimum atomic E-state index is 0.161. The first-order chi connectivity index (χ1) is 14.2. The van der Waals surface area contributed by atoms with Crippen LogP contribution >= 0.6 is 0 Å². The Bertz CT molecular complexity index is 669. The minimum absolute atomic E-state index is 0.161. The molecule has 2 heteroatoms. The molecule has 0 heterocycles. The van der Waals surface area contributed by atoms with Crippen LogP contribution in [-0.4, -0.2) is 12.7 Å². The van der Waals surface area contributed by atoms with Gasteiger partial charge in [-0.3, -0.25) is 0 Å². The normalized spacial score (nSPS) is 31.9. The van der Waals surface area contributed by atoms with Crippen LogP contribution in [-0.2, 0) is 17.6 Å². The maximum atomic E-state index is 15.4. The van der Waals surface area contributed by atoms with Crippen molar-refractivity contribution >= 4 is 0 Å². The Hall–Kier alpha value is -0.890. The van der Waals surface area contributed by atoms with Crippen molar-refractivity contribution in [2.45, 2.75) is 109 Å². The highest BCUT2D eigenvalue weighted by atomic mass is 19.1. The molecule has 5 unspecified atom stereocenters. The van der Waals surface area contributed by atoms with Crippen molar-refractivity contribution < 1.29 is 9.13 Å². The largest absolute Gasteiger partial charge is 0.378 e. The van der Waals surface area contributed by atoms with E-state index in [4.69, 9.17) is 4.74 Å². The van der Waals surface area contributed by atoms with Crippen molar-refractivity contribution in [1.29, 1.82) is 0 Å². The summed E-state index contributed by atoms with van der Waals surface area (Å²) in [5.74, 6) is 2.94. The summed E-state index contributed by atoms with van der Waals surface area (Å²) in [6.45, 7) is 5.46. The highest BCUT2D eigenvalue weighted by molar-refractivity contribution is 5.38. The van der Waals surface area contributed by atoms with Crippen LogP contribution in [0.1, 0.15) is 107 Å². The fraction of sp³-hybridized carbons (Fsp3) is 0.778. The summed E-state index contributed by atoms with van der Waals surface area (Å²) in [5.41, 5.74) is 3.38. The summed E-state index contributed by atoms with van der Waals surface area (Å²) >= 11 is 0. The third kappa shape index (κ3) is 4.89. The van der Waals surface area contributed by atoms with Gasteiger partial charge in [0.1, 0.15) is 5.82 Å². The zero-order valence-electron chi connectivity index (χ0n) is 18.7. The molecule has 2 fully saturated rings. The van der Waals surface area contributed by atoms with Gasteiger partial charge in [0.05, 0.1) is 6.10 Å². The number of halogens is 1. The molecule has 162 valence electrons. The van der Waals surface area contributed by atoms with E-state index in [-0.39, 0.29) is 5.82 Å². The number of benzene rings is 1. The van der Waals surface area contributed by atoms with Crippen molar-refractivity contribution in [2.75, 3.05) is 6.61 Å². The van der Waals surface area contributed by atoms with Crippen LogP contribution in [0.15, 0.2) is 12.1 Å². The van der Waals surface area contributed by atoms with Crippen LogP contribution in [0, 0.1) is 23.6 Å². The average Bonchev–Trinajstić information content (AvgIpc) is 2.76. The van der Waals surface area contributed by atoms with Gasteiger partial charge in [-0.25, -0.2) is 4.39 Å². The van der Waals surface area contributed by atoms with Gasteiger partial charge in [0.15, 0.2) is 0 Å². The lowest BCUT2D eigenvalue weighted by Gasteiger charge is -2.42. The second kappa shape index (κ2) is 9.94. The zero-order chi connectivity index (χ0) is 20.2. The molecule has 0 N–H and O–H groups in total. The lowest BCUT2D eigenvalue weighted by atomic mass is 9.65. The van der Waals surface area contributed by atoms with Crippen LogP contribution in [0.3, 0.4) is 0 Å². The molecule has 1 aromatic carbocycles. The SMILES string of the molecule is CCCCCOC1CCC2CC(c3ccc4c(c3F)CCC(CC)C4)CCC2C1. The standard InChI is InChI=1S/C27H41FO/c1-3-5-6-15-29-24-12-10-20-17-23(9-8-21(20)18-24)26-14-11-22-16-19(4-2)7-13-25(22)27(26)28/h11,14,19-21,23-24H,3-10,12-13,15-18H2,1-2H3. The van der Waals surface area contributed by atoms with Crippen molar-refractivity contribution in [3.8, 4) is 0 Å². The van der Waals surface area contributed by atoms with Gasteiger partial charge in [0.25, 0.3) is 0 Å². The predicted octanol–water partition coefficient (Wildman–Crippen LogP) is 7.60. The van der Waals surface area contributed by atoms with Gasteiger partial charge in [0.2, 0.25) is 0 Å². The monoisotopic (exact) mass is 400 g/mol. The Labute approximate surface area is 177 Å². The molecule has 3 aliphatic rings. The molecule has 0 radical (unpaired) electrons. The summed E-state index contributed by atoms with van der Waals surface area (Å²) in [5, 5.41) is 0. The average molecular weight is 401 g/mol. The number of hydrogen-bond donors (Lipinski definition) is 0. The molecule has 0 bridgehead atoms. The number of rotatable bonds is 7. The van der Waals surface area contributed by atoms with E-state index in [2.05, 4.69) is 26.0 Å². The van der Waals surface area contributed by atoms with Gasteiger partial charge in [0, 0.05) is 6.61 Å². The van der Waals surface area contributed by atoms with Crippen molar-refractivity contribution in [3.05, 3.63) is 34.6 Å². The molecule has 2 saturated carbocycles. The van der Waals surface area contributed by atoms with Crippen LogP contribution in [0.4, 0.5) is 4.39 Å². The van der Waals surface area contributed by atoms with E-state index in [9.17, 15) is 0 Å². The molecule has 0 amide bonds. The Morgan fingerprint density at radius 2 is 1.79 bits per heavy atom. The van der Waals surface area contributed by atoms with Crippen LogP contribution in [0.25, 0.3) is 0 Å². The lowest BCUT2D eigenvalue weighted by molar-refractivity contribution is -0.0164. The molecule has 0 aliphatic heterocycles. The Morgan fingerprint density at radius 1 is 0.966 bits per heavy atom.